The molecule has 5 heteroatoms. The van der Waals surface area contributed by atoms with Crippen molar-refractivity contribution in [2.75, 3.05) is 20.2 Å². The molecule has 4 rings (SSSR count). The molecule has 5 nitrogen and oxygen atoms in total. The normalized spacial score (nSPS) is 26.7. The molecule has 2 aromatic rings. The molecule has 2 atom stereocenters. The number of aromatic nitrogens is 1. The third kappa shape index (κ3) is 2.82. The summed E-state index contributed by atoms with van der Waals surface area (Å²) in [5, 5.41) is 9.78. The minimum absolute atomic E-state index is 0.0897. The molecule has 0 spiro atoms. The van der Waals surface area contributed by atoms with E-state index in [1.807, 2.05) is 31.2 Å². The van der Waals surface area contributed by atoms with Crippen molar-refractivity contribution in [3.05, 3.63) is 35.7 Å². The highest BCUT2D eigenvalue weighted by atomic mass is 16.5. The summed E-state index contributed by atoms with van der Waals surface area (Å²) in [6.45, 7) is 4.89. The Morgan fingerprint density at radius 2 is 1.96 bits per heavy atom. The predicted octanol–water partition coefficient (Wildman–Crippen LogP) is 2.86. The van der Waals surface area contributed by atoms with Gasteiger partial charge in [-0.15, -0.1) is 0 Å². The Morgan fingerprint density at radius 1 is 1.25 bits per heavy atom. The van der Waals surface area contributed by atoms with Crippen molar-refractivity contribution in [3.63, 3.8) is 0 Å². The van der Waals surface area contributed by atoms with Gasteiger partial charge in [0, 0.05) is 19.6 Å². The van der Waals surface area contributed by atoms with Crippen molar-refractivity contribution in [3.8, 4) is 17.2 Å². The van der Waals surface area contributed by atoms with E-state index >= 15 is 0 Å². The highest BCUT2D eigenvalue weighted by Gasteiger charge is 2.40. The maximum Gasteiger partial charge on any atom is 0.230 e. The van der Waals surface area contributed by atoms with E-state index in [4.69, 9.17) is 14.1 Å². The Hall–Kier alpha value is -1.85. The molecule has 1 aliphatic carbocycles. The average Bonchev–Trinajstić information content (AvgIpc) is 3.21. The zero-order valence-electron chi connectivity index (χ0n) is 14.2. The maximum absolute atomic E-state index is 9.78. The van der Waals surface area contributed by atoms with Gasteiger partial charge in [0.05, 0.1) is 24.5 Å². The highest BCUT2D eigenvalue weighted by Crippen LogP contribution is 2.39. The fourth-order valence-corrected chi connectivity index (χ4v) is 4.22. The lowest BCUT2D eigenvalue weighted by atomic mass is 10.0. The van der Waals surface area contributed by atoms with Gasteiger partial charge in [0.25, 0.3) is 0 Å². The largest absolute Gasteiger partial charge is 0.496 e. The number of hydrogen-bond acceptors (Lipinski definition) is 5. The first kappa shape index (κ1) is 15.7. The van der Waals surface area contributed by atoms with E-state index in [2.05, 4.69) is 4.90 Å². The van der Waals surface area contributed by atoms with Crippen molar-refractivity contribution in [1.29, 1.82) is 0 Å². The van der Waals surface area contributed by atoms with Crippen molar-refractivity contribution in [2.45, 2.75) is 32.4 Å². The topological polar surface area (TPSA) is 58.7 Å². The molecule has 0 radical (unpaired) electrons. The van der Waals surface area contributed by atoms with Gasteiger partial charge in [-0.3, -0.25) is 4.90 Å². The minimum Gasteiger partial charge on any atom is -0.496 e. The molecule has 1 N–H and O–H groups in total. The molecule has 1 aromatic heterocycles. The number of fused-ring (bicyclic) bond motifs is 1. The summed E-state index contributed by atoms with van der Waals surface area (Å²) in [6, 6.07) is 7.79. The van der Waals surface area contributed by atoms with Crippen LogP contribution >= 0.6 is 0 Å². The Kier molecular flexibility index (Phi) is 4.06. The highest BCUT2D eigenvalue weighted by molar-refractivity contribution is 5.62. The summed E-state index contributed by atoms with van der Waals surface area (Å²) in [5.41, 5.74) is 1.88. The van der Waals surface area contributed by atoms with Crippen molar-refractivity contribution in [2.24, 2.45) is 11.8 Å². The van der Waals surface area contributed by atoms with Gasteiger partial charge >= 0.3 is 0 Å². The molecule has 128 valence electrons. The number of oxazole rings is 1. The number of ether oxygens (including phenoxy) is 1. The molecule has 1 saturated carbocycles. The second-order valence-corrected chi connectivity index (χ2v) is 7.06. The summed E-state index contributed by atoms with van der Waals surface area (Å²) in [5.74, 6) is 3.54. The van der Waals surface area contributed by atoms with Crippen molar-refractivity contribution < 1.29 is 14.3 Å². The van der Waals surface area contributed by atoms with Gasteiger partial charge in [-0.25, -0.2) is 4.98 Å². The number of likely N-dealkylation sites (tertiary alicyclic amines) is 1. The first-order chi connectivity index (χ1) is 11.6. The number of nitrogens with zero attached hydrogens (tertiary/aromatic N) is 2. The second-order valence-electron chi connectivity index (χ2n) is 7.06. The van der Waals surface area contributed by atoms with Crippen LogP contribution < -0.4 is 4.74 Å². The molecule has 24 heavy (non-hydrogen) atoms. The summed E-state index contributed by atoms with van der Waals surface area (Å²) >= 11 is 0. The summed E-state index contributed by atoms with van der Waals surface area (Å²) in [7, 11) is 1.66. The zero-order valence-corrected chi connectivity index (χ0v) is 14.2. The van der Waals surface area contributed by atoms with E-state index in [0.717, 1.165) is 55.2 Å². The molecule has 0 bridgehead atoms. The fraction of sp³-hybridized carbons (Fsp3) is 0.526. The number of hydrogen-bond donors (Lipinski definition) is 1. The Bertz CT molecular complexity index is 713. The number of benzene rings is 1. The number of aliphatic hydroxyl groups excluding tert-OH is 1. The predicted molar refractivity (Wildman–Crippen MR) is 90.7 cm³/mol. The minimum atomic E-state index is -0.0897. The molecular weight excluding hydrogens is 304 g/mol. The third-order valence-electron chi connectivity index (χ3n) is 5.41. The Balaban J connectivity index is 1.51. The molecule has 0 amide bonds. The Labute approximate surface area is 142 Å². The first-order valence-corrected chi connectivity index (χ1v) is 8.64. The van der Waals surface area contributed by atoms with Gasteiger partial charge in [0.15, 0.2) is 0 Å². The average molecular weight is 328 g/mol. The van der Waals surface area contributed by atoms with Crippen LogP contribution in [0.2, 0.25) is 0 Å². The van der Waals surface area contributed by atoms with Gasteiger partial charge in [0.2, 0.25) is 5.89 Å². The molecule has 1 saturated heterocycles. The zero-order chi connectivity index (χ0) is 16.7. The van der Waals surface area contributed by atoms with Gasteiger partial charge < -0.3 is 14.3 Å². The van der Waals surface area contributed by atoms with Crippen LogP contribution in [0, 0.1) is 18.8 Å². The number of rotatable bonds is 4. The van der Waals surface area contributed by atoms with Gasteiger partial charge in [-0.1, -0.05) is 12.1 Å². The van der Waals surface area contributed by atoms with E-state index in [1.165, 1.54) is 0 Å². The smallest absolute Gasteiger partial charge is 0.230 e. The molecule has 2 heterocycles. The first-order valence-electron chi connectivity index (χ1n) is 8.64. The fourth-order valence-electron chi connectivity index (χ4n) is 4.22. The molecule has 2 fully saturated rings. The van der Waals surface area contributed by atoms with Crippen LogP contribution in [0.4, 0.5) is 0 Å². The number of aliphatic hydroxyl groups is 1. The lowest BCUT2D eigenvalue weighted by molar-refractivity contribution is 0.160. The van der Waals surface area contributed by atoms with Gasteiger partial charge in [0.1, 0.15) is 11.5 Å². The number of methoxy groups -OCH3 is 1. The van der Waals surface area contributed by atoms with Crippen LogP contribution in [0.25, 0.3) is 11.5 Å². The van der Waals surface area contributed by atoms with Crippen LogP contribution in [0.15, 0.2) is 28.7 Å². The van der Waals surface area contributed by atoms with Gasteiger partial charge in [-0.2, -0.15) is 0 Å². The van der Waals surface area contributed by atoms with Gasteiger partial charge in [-0.05, 0) is 43.7 Å². The van der Waals surface area contributed by atoms with E-state index < -0.39 is 0 Å². The van der Waals surface area contributed by atoms with Crippen LogP contribution in [0.1, 0.15) is 24.3 Å². The van der Waals surface area contributed by atoms with Crippen LogP contribution in [0.5, 0.6) is 5.75 Å². The molecule has 1 aromatic carbocycles. The Morgan fingerprint density at radius 3 is 2.67 bits per heavy atom. The van der Waals surface area contributed by atoms with Crippen LogP contribution in [0.3, 0.4) is 0 Å². The molecular formula is C19H24N2O3. The van der Waals surface area contributed by atoms with E-state index in [-0.39, 0.29) is 6.10 Å². The summed E-state index contributed by atoms with van der Waals surface area (Å²) in [6.07, 6.45) is 1.81. The van der Waals surface area contributed by atoms with E-state index in [0.29, 0.717) is 17.7 Å². The van der Waals surface area contributed by atoms with Crippen molar-refractivity contribution in [1.82, 2.24) is 9.88 Å². The molecule has 2 unspecified atom stereocenters. The third-order valence-corrected chi connectivity index (χ3v) is 5.41. The van der Waals surface area contributed by atoms with Crippen molar-refractivity contribution >= 4 is 0 Å². The second kappa shape index (κ2) is 6.22. The quantitative estimate of drug-likeness (QED) is 0.935. The number of aryl methyl sites for hydroxylation is 1. The summed E-state index contributed by atoms with van der Waals surface area (Å²) in [4.78, 5) is 7.17. The monoisotopic (exact) mass is 328 g/mol. The van der Waals surface area contributed by atoms with Crippen LogP contribution in [-0.2, 0) is 6.54 Å². The molecule has 1 aliphatic heterocycles. The van der Waals surface area contributed by atoms with Crippen LogP contribution in [-0.4, -0.2) is 41.3 Å². The SMILES string of the molecule is COc1ccccc1-c1nc(CN2CC3CC(O)CC3C2)c(C)o1. The van der Waals surface area contributed by atoms with E-state index in [1.54, 1.807) is 7.11 Å². The standard InChI is InChI=1S/C19H24N2O3/c1-12-17(11-21-9-13-7-15(22)8-14(13)10-21)20-19(24-12)16-5-3-4-6-18(16)23-2/h3-6,13-15,22H,7-11H2,1-2H3. The maximum atomic E-state index is 9.78. The lowest BCUT2D eigenvalue weighted by Gasteiger charge is -2.16. The van der Waals surface area contributed by atoms with E-state index in [9.17, 15) is 5.11 Å². The lowest BCUT2D eigenvalue weighted by Crippen LogP contribution is -2.23. The molecule has 2 aliphatic rings. The summed E-state index contributed by atoms with van der Waals surface area (Å²) < 4.78 is 11.3. The number of para-hydroxylation sites is 1.